The van der Waals surface area contributed by atoms with E-state index in [-0.39, 0.29) is 5.70 Å². The van der Waals surface area contributed by atoms with E-state index in [1.165, 1.54) is 0 Å². The molecule has 0 saturated carbocycles. The third-order valence-electron chi connectivity index (χ3n) is 1.31. The van der Waals surface area contributed by atoms with Crippen LogP contribution in [-0.2, 0) is 0 Å². The molecule has 0 atom stereocenters. The van der Waals surface area contributed by atoms with E-state index in [1.807, 2.05) is 0 Å². The van der Waals surface area contributed by atoms with Gasteiger partial charge in [-0.3, -0.25) is 10.1 Å². The van der Waals surface area contributed by atoms with Crippen LogP contribution in [0.3, 0.4) is 0 Å². The number of rotatable bonds is 3. The first-order valence-electron chi connectivity index (χ1n) is 3.25. The molecule has 2 N–H and O–H groups in total. The minimum absolute atomic E-state index is 0.141. The standard InChI is InChI=1S/C6H12N2O2/c1-3-5(7)6(4-2)8(9)10/h3-4,7H2,1-2H3/b6-5+. The van der Waals surface area contributed by atoms with Crippen molar-refractivity contribution in [2.24, 2.45) is 5.73 Å². The van der Waals surface area contributed by atoms with E-state index < -0.39 is 4.92 Å². The number of nitrogens with two attached hydrogens (primary N) is 1. The minimum Gasteiger partial charge on any atom is -0.397 e. The normalized spacial score (nSPS) is 12.6. The molecule has 0 aromatic heterocycles. The summed E-state index contributed by atoms with van der Waals surface area (Å²) >= 11 is 0. The topological polar surface area (TPSA) is 69.2 Å². The third kappa shape index (κ3) is 2.05. The van der Waals surface area contributed by atoms with Crippen LogP contribution in [-0.4, -0.2) is 4.92 Å². The quantitative estimate of drug-likeness (QED) is 0.478. The molecule has 0 aliphatic carbocycles. The predicted molar refractivity (Wildman–Crippen MR) is 38.8 cm³/mol. The summed E-state index contributed by atoms with van der Waals surface area (Å²) in [6, 6.07) is 0. The van der Waals surface area contributed by atoms with Gasteiger partial charge in [0.1, 0.15) is 0 Å². The van der Waals surface area contributed by atoms with Crippen LogP contribution in [0.2, 0.25) is 0 Å². The van der Waals surface area contributed by atoms with Gasteiger partial charge in [-0.1, -0.05) is 13.8 Å². The molecular weight excluding hydrogens is 132 g/mol. The van der Waals surface area contributed by atoms with Crippen molar-refractivity contribution < 1.29 is 4.92 Å². The van der Waals surface area contributed by atoms with Crippen LogP contribution in [0.4, 0.5) is 0 Å². The van der Waals surface area contributed by atoms with Gasteiger partial charge in [-0.2, -0.15) is 0 Å². The van der Waals surface area contributed by atoms with Gasteiger partial charge in [0.2, 0.25) is 0 Å². The smallest absolute Gasteiger partial charge is 0.264 e. The Morgan fingerprint density at radius 1 is 1.50 bits per heavy atom. The fourth-order valence-corrected chi connectivity index (χ4v) is 0.677. The lowest BCUT2D eigenvalue weighted by atomic mass is 10.2. The highest BCUT2D eigenvalue weighted by Gasteiger charge is 2.10. The van der Waals surface area contributed by atoms with Gasteiger partial charge in [-0.25, -0.2) is 0 Å². The van der Waals surface area contributed by atoms with Gasteiger partial charge in [0.25, 0.3) is 5.70 Å². The molecule has 0 radical (unpaired) electrons. The fraction of sp³-hybridized carbons (Fsp3) is 0.667. The second-order valence-electron chi connectivity index (χ2n) is 1.94. The molecule has 0 spiro atoms. The van der Waals surface area contributed by atoms with Crippen molar-refractivity contribution in [1.29, 1.82) is 0 Å². The molecule has 0 aromatic rings. The largest absolute Gasteiger partial charge is 0.397 e. The van der Waals surface area contributed by atoms with Crippen LogP contribution >= 0.6 is 0 Å². The van der Waals surface area contributed by atoms with E-state index in [9.17, 15) is 10.1 Å². The number of hydrogen-bond donors (Lipinski definition) is 1. The number of nitro groups is 1. The molecule has 0 aliphatic rings. The lowest BCUT2D eigenvalue weighted by molar-refractivity contribution is -0.429. The van der Waals surface area contributed by atoms with Crippen molar-refractivity contribution in [2.75, 3.05) is 0 Å². The molecule has 0 aromatic carbocycles. The fourth-order valence-electron chi connectivity index (χ4n) is 0.677. The second kappa shape index (κ2) is 3.87. The van der Waals surface area contributed by atoms with Gasteiger partial charge in [0, 0.05) is 6.42 Å². The monoisotopic (exact) mass is 144 g/mol. The van der Waals surface area contributed by atoms with Crippen LogP contribution in [0.1, 0.15) is 26.7 Å². The number of nitrogens with zero attached hydrogens (tertiary/aromatic N) is 1. The summed E-state index contributed by atoms with van der Waals surface area (Å²) < 4.78 is 0. The Balaban J connectivity index is 4.45. The van der Waals surface area contributed by atoms with Crippen LogP contribution in [0.25, 0.3) is 0 Å². The Morgan fingerprint density at radius 3 is 2.10 bits per heavy atom. The van der Waals surface area contributed by atoms with Gasteiger partial charge in [-0.05, 0) is 6.42 Å². The van der Waals surface area contributed by atoms with Gasteiger partial charge < -0.3 is 5.73 Å². The molecular formula is C6H12N2O2. The summed E-state index contributed by atoms with van der Waals surface area (Å²) in [5, 5.41) is 10.2. The molecule has 4 nitrogen and oxygen atoms in total. The summed E-state index contributed by atoms with van der Waals surface area (Å²) in [5.74, 6) is 0. The zero-order valence-corrected chi connectivity index (χ0v) is 6.26. The van der Waals surface area contributed by atoms with E-state index in [2.05, 4.69) is 0 Å². The highest BCUT2D eigenvalue weighted by molar-refractivity contribution is 5.01. The molecule has 0 fully saturated rings. The SMILES string of the molecule is CC/C(N)=C(/CC)[N+](=O)[O-]. The third-order valence-corrected chi connectivity index (χ3v) is 1.31. The Morgan fingerprint density at radius 2 is 2.00 bits per heavy atom. The van der Waals surface area contributed by atoms with Crippen molar-refractivity contribution in [3.8, 4) is 0 Å². The predicted octanol–water partition coefficient (Wildman–Crippen LogP) is 1.25. The van der Waals surface area contributed by atoms with E-state index >= 15 is 0 Å². The Labute approximate surface area is 59.9 Å². The van der Waals surface area contributed by atoms with Crippen LogP contribution in [0.5, 0.6) is 0 Å². The van der Waals surface area contributed by atoms with E-state index in [0.29, 0.717) is 18.5 Å². The number of hydrogen-bond acceptors (Lipinski definition) is 3. The summed E-state index contributed by atoms with van der Waals surface area (Å²) in [7, 11) is 0. The van der Waals surface area contributed by atoms with Crippen molar-refractivity contribution in [2.45, 2.75) is 26.7 Å². The average molecular weight is 144 g/mol. The van der Waals surface area contributed by atoms with Crippen LogP contribution in [0, 0.1) is 10.1 Å². The Hall–Kier alpha value is -1.06. The summed E-state index contributed by atoms with van der Waals surface area (Å²) in [6.07, 6.45) is 0.941. The van der Waals surface area contributed by atoms with Gasteiger partial charge in [0.15, 0.2) is 0 Å². The van der Waals surface area contributed by atoms with E-state index in [4.69, 9.17) is 5.73 Å². The lowest BCUT2D eigenvalue weighted by Crippen LogP contribution is -2.08. The minimum atomic E-state index is -0.418. The Kier molecular flexibility index (Phi) is 3.46. The second-order valence-corrected chi connectivity index (χ2v) is 1.94. The van der Waals surface area contributed by atoms with Gasteiger partial charge in [-0.15, -0.1) is 0 Å². The van der Waals surface area contributed by atoms with Crippen LogP contribution in [0.15, 0.2) is 11.4 Å². The molecule has 0 aliphatic heterocycles. The summed E-state index contributed by atoms with van der Waals surface area (Å²) in [5.41, 5.74) is 5.89. The van der Waals surface area contributed by atoms with E-state index in [0.717, 1.165) is 0 Å². The first kappa shape index (κ1) is 8.94. The van der Waals surface area contributed by atoms with Crippen LogP contribution < -0.4 is 5.73 Å². The van der Waals surface area contributed by atoms with Gasteiger partial charge in [0.05, 0.1) is 10.6 Å². The van der Waals surface area contributed by atoms with Crippen molar-refractivity contribution in [3.63, 3.8) is 0 Å². The first-order valence-corrected chi connectivity index (χ1v) is 3.25. The number of allylic oxidation sites excluding steroid dienone is 2. The molecule has 58 valence electrons. The zero-order chi connectivity index (χ0) is 8.15. The highest BCUT2D eigenvalue weighted by Crippen LogP contribution is 2.06. The maximum absolute atomic E-state index is 10.2. The molecule has 4 heteroatoms. The maximum atomic E-state index is 10.2. The molecule has 0 rings (SSSR count). The molecule has 0 unspecified atom stereocenters. The molecule has 0 saturated heterocycles. The molecule has 0 bridgehead atoms. The first-order chi connectivity index (χ1) is 4.63. The maximum Gasteiger partial charge on any atom is 0.264 e. The average Bonchev–Trinajstić information content (AvgIpc) is 1.88. The van der Waals surface area contributed by atoms with Crippen molar-refractivity contribution in [3.05, 3.63) is 21.5 Å². The molecule has 10 heavy (non-hydrogen) atoms. The lowest BCUT2D eigenvalue weighted by Gasteiger charge is -1.97. The van der Waals surface area contributed by atoms with E-state index in [1.54, 1.807) is 13.8 Å². The molecule has 0 amide bonds. The highest BCUT2D eigenvalue weighted by atomic mass is 16.6. The summed E-state index contributed by atoms with van der Waals surface area (Å²) in [4.78, 5) is 9.78. The van der Waals surface area contributed by atoms with Crippen molar-refractivity contribution in [1.82, 2.24) is 0 Å². The zero-order valence-electron chi connectivity index (χ0n) is 6.26. The Bertz CT molecular complexity index is 163. The molecule has 0 heterocycles. The summed E-state index contributed by atoms with van der Waals surface area (Å²) in [6.45, 7) is 3.52. The van der Waals surface area contributed by atoms with Gasteiger partial charge >= 0.3 is 0 Å². The van der Waals surface area contributed by atoms with Crippen molar-refractivity contribution >= 4 is 0 Å².